The molecule has 0 heterocycles. The van der Waals surface area contributed by atoms with Gasteiger partial charge < -0.3 is 0 Å². The molecular weight excluding hydrogens is 244 g/mol. The predicted molar refractivity (Wildman–Crippen MR) is 48.9 cm³/mol. The molecule has 0 N–H and O–H groups in total. The van der Waals surface area contributed by atoms with Crippen LogP contribution in [0.3, 0.4) is 0 Å². The average molecular weight is 250 g/mol. The Morgan fingerprint density at radius 2 is 2.17 bits per heavy atom. The van der Waals surface area contributed by atoms with Crippen molar-refractivity contribution in [3.8, 4) is 0 Å². The molecule has 0 unspecified atom stereocenters. The molecule has 1 aromatic carbocycles. The molecule has 1 aromatic rings. The van der Waals surface area contributed by atoms with Gasteiger partial charge in [0, 0.05) is 4.47 Å². The molecule has 0 bridgehead atoms. The molecular formula is C7H6BrO3S. The molecule has 0 atom stereocenters. The van der Waals surface area contributed by atoms with Crippen molar-refractivity contribution < 1.29 is 12.6 Å². The molecule has 1 rings (SSSR count). The number of rotatable bonds is 3. The van der Waals surface area contributed by atoms with E-state index in [9.17, 15) is 8.42 Å². The highest BCUT2D eigenvalue weighted by Gasteiger charge is 1.94. The van der Waals surface area contributed by atoms with Gasteiger partial charge in [-0.25, -0.2) is 8.42 Å². The summed E-state index contributed by atoms with van der Waals surface area (Å²) in [5.74, 6) is 0. The topological polar surface area (TPSA) is 43.4 Å². The smallest absolute Gasteiger partial charge is 0.257 e. The molecule has 0 spiro atoms. The lowest BCUT2D eigenvalue weighted by Gasteiger charge is -1.96. The van der Waals surface area contributed by atoms with Crippen LogP contribution in [-0.2, 0) is 15.2 Å². The van der Waals surface area contributed by atoms with Crippen LogP contribution >= 0.6 is 15.9 Å². The van der Waals surface area contributed by atoms with Crippen molar-refractivity contribution in [2.75, 3.05) is 0 Å². The van der Waals surface area contributed by atoms with Crippen LogP contribution < -0.4 is 0 Å². The highest BCUT2D eigenvalue weighted by atomic mass is 79.9. The standard InChI is InChI=1S/C7H6BrO3S/c8-7-3-1-2-6(4-7)5-11-12(9)10/h1-5,12H. The summed E-state index contributed by atoms with van der Waals surface area (Å²) in [6.07, 6.45) is 0. The molecule has 0 aliphatic rings. The van der Waals surface area contributed by atoms with E-state index in [0.717, 1.165) is 4.47 Å². The minimum absolute atomic E-state index is 0.698. The summed E-state index contributed by atoms with van der Waals surface area (Å²) >= 11 is 3.24. The largest absolute Gasteiger partial charge is 0.261 e. The van der Waals surface area contributed by atoms with E-state index in [1.165, 1.54) is 6.61 Å². The molecule has 12 heavy (non-hydrogen) atoms. The minimum atomic E-state index is -2.80. The van der Waals surface area contributed by atoms with E-state index in [4.69, 9.17) is 0 Å². The molecule has 0 aromatic heterocycles. The van der Waals surface area contributed by atoms with Gasteiger partial charge in [-0.2, -0.15) is 0 Å². The summed E-state index contributed by atoms with van der Waals surface area (Å²) < 4.78 is 25.2. The van der Waals surface area contributed by atoms with E-state index >= 15 is 0 Å². The summed E-state index contributed by atoms with van der Waals surface area (Å²) in [6, 6.07) is 7.12. The second kappa shape index (κ2) is 4.59. The monoisotopic (exact) mass is 249 g/mol. The van der Waals surface area contributed by atoms with E-state index in [0.29, 0.717) is 5.56 Å². The molecule has 3 nitrogen and oxygen atoms in total. The summed E-state index contributed by atoms with van der Waals surface area (Å²) in [5, 5.41) is 0. The Morgan fingerprint density at radius 1 is 1.42 bits per heavy atom. The zero-order valence-corrected chi connectivity index (χ0v) is 8.42. The third kappa shape index (κ3) is 3.34. The SMILES string of the molecule is O=[SH](=O)O[CH]c1cccc(Br)c1. The summed E-state index contributed by atoms with van der Waals surface area (Å²) in [4.78, 5) is 0. The van der Waals surface area contributed by atoms with Gasteiger partial charge in [0.15, 0.2) is 0 Å². The third-order valence-electron chi connectivity index (χ3n) is 1.12. The first-order chi connectivity index (χ1) is 5.68. The molecule has 0 saturated heterocycles. The van der Waals surface area contributed by atoms with Crippen molar-refractivity contribution in [2.45, 2.75) is 0 Å². The van der Waals surface area contributed by atoms with Crippen LogP contribution in [0.25, 0.3) is 0 Å². The number of benzene rings is 1. The van der Waals surface area contributed by atoms with Crippen molar-refractivity contribution >= 4 is 26.9 Å². The van der Waals surface area contributed by atoms with Gasteiger partial charge in [0.2, 0.25) is 0 Å². The molecule has 0 saturated carbocycles. The normalized spacial score (nSPS) is 10.5. The van der Waals surface area contributed by atoms with Crippen molar-refractivity contribution in [1.29, 1.82) is 0 Å². The third-order valence-corrected chi connectivity index (χ3v) is 1.89. The quantitative estimate of drug-likeness (QED) is 0.827. The first-order valence-electron chi connectivity index (χ1n) is 3.08. The van der Waals surface area contributed by atoms with Gasteiger partial charge in [0.1, 0.15) is 6.61 Å². The lowest BCUT2D eigenvalue weighted by atomic mass is 10.2. The molecule has 0 amide bonds. The van der Waals surface area contributed by atoms with Gasteiger partial charge in [-0.15, -0.1) is 0 Å². The lowest BCUT2D eigenvalue weighted by molar-refractivity contribution is 0.429. The van der Waals surface area contributed by atoms with Crippen LogP contribution in [-0.4, -0.2) is 8.42 Å². The van der Waals surface area contributed by atoms with Crippen molar-refractivity contribution in [3.05, 3.63) is 40.9 Å². The Labute approximate surface area is 80.6 Å². The Morgan fingerprint density at radius 3 is 2.75 bits per heavy atom. The van der Waals surface area contributed by atoms with E-state index in [1.807, 2.05) is 6.07 Å². The fourth-order valence-electron chi connectivity index (χ4n) is 0.684. The fraction of sp³-hybridized carbons (Fsp3) is 0. The number of halogens is 1. The van der Waals surface area contributed by atoms with Crippen LogP contribution in [0.4, 0.5) is 0 Å². The lowest BCUT2D eigenvalue weighted by Crippen LogP contribution is -1.86. The Bertz CT molecular complexity index is 327. The number of hydrogen-bond donors (Lipinski definition) is 1. The maximum Gasteiger partial charge on any atom is 0.257 e. The van der Waals surface area contributed by atoms with Crippen molar-refractivity contribution in [3.63, 3.8) is 0 Å². The van der Waals surface area contributed by atoms with Gasteiger partial charge in [-0.05, 0) is 17.7 Å². The molecule has 5 heteroatoms. The Balaban J connectivity index is 2.63. The molecule has 1 radical (unpaired) electrons. The van der Waals surface area contributed by atoms with Gasteiger partial charge >= 0.3 is 0 Å². The zero-order chi connectivity index (χ0) is 8.97. The van der Waals surface area contributed by atoms with Crippen LogP contribution in [0, 0.1) is 6.61 Å². The average Bonchev–Trinajstić information content (AvgIpc) is 2.01. The van der Waals surface area contributed by atoms with Gasteiger partial charge in [-0.1, -0.05) is 28.1 Å². The maximum absolute atomic E-state index is 10.0. The van der Waals surface area contributed by atoms with E-state index in [1.54, 1.807) is 18.2 Å². The van der Waals surface area contributed by atoms with E-state index in [-0.39, 0.29) is 0 Å². The highest BCUT2D eigenvalue weighted by Crippen LogP contribution is 2.13. The zero-order valence-electron chi connectivity index (χ0n) is 5.94. The van der Waals surface area contributed by atoms with Crippen LogP contribution in [0.2, 0.25) is 0 Å². The maximum atomic E-state index is 10.0. The first kappa shape index (κ1) is 9.70. The van der Waals surface area contributed by atoms with E-state index in [2.05, 4.69) is 20.1 Å². The van der Waals surface area contributed by atoms with Gasteiger partial charge in [0.05, 0.1) is 0 Å². The minimum Gasteiger partial charge on any atom is -0.261 e. The Kier molecular flexibility index (Phi) is 3.71. The first-order valence-corrected chi connectivity index (χ1v) is 4.97. The predicted octanol–water partition coefficient (Wildman–Crippen LogP) is 1.50. The second-order valence-electron chi connectivity index (χ2n) is 2.00. The van der Waals surface area contributed by atoms with Gasteiger partial charge in [0.25, 0.3) is 11.0 Å². The molecule has 65 valence electrons. The van der Waals surface area contributed by atoms with Crippen molar-refractivity contribution in [1.82, 2.24) is 0 Å². The molecule has 0 aliphatic carbocycles. The molecule has 0 fully saturated rings. The van der Waals surface area contributed by atoms with Crippen molar-refractivity contribution in [2.24, 2.45) is 0 Å². The molecule has 0 aliphatic heterocycles. The van der Waals surface area contributed by atoms with Crippen LogP contribution in [0.1, 0.15) is 5.56 Å². The van der Waals surface area contributed by atoms with Crippen LogP contribution in [0.15, 0.2) is 28.7 Å². The number of hydrogen-bond acceptors (Lipinski definition) is 3. The van der Waals surface area contributed by atoms with Gasteiger partial charge in [-0.3, -0.25) is 4.18 Å². The second-order valence-corrected chi connectivity index (χ2v) is 3.58. The fourth-order valence-corrected chi connectivity index (χ4v) is 1.31. The highest BCUT2D eigenvalue weighted by molar-refractivity contribution is 9.10. The summed E-state index contributed by atoms with van der Waals surface area (Å²) in [7, 11) is -2.80. The van der Waals surface area contributed by atoms with Crippen LogP contribution in [0.5, 0.6) is 0 Å². The Hall–Kier alpha value is -0.390. The summed E-state index contributed by atoms with van der Waals surface area (Å²) in [6.45, 7) is 1.18. The number of thiol groups is 1. The van der Waals surface area contributed by atoms with E-state index < -0.39 is 11.0 Å². The summed E-state index contributed by atoms with van der Waals surface area (Å²) in [5.41, 5.74) is 0.698.